The van der Waals surface area contributed by atoms with Gasteiger partial charge in [0.25, 0.3) is 5.91 Å². The summed E-state index contributed by atoms with van der Waals surface area (Å²) >= 11 is 0.887. The van der Waals surface area contributed by atoms with Gasteiger partial charge in [0.2, 0.25) is 5.89 Å². The van der Waals surface area contributed by atoms with E-state index in [1.165, 1.54) is 6.92 Å². The van der Waals surface area contributed by atoms with Crippen LogP contribution in [-0.2, 0) is 19.0 Å². The van der Waals surface area contributed by atoms with E-state index < -0.39 is 29.9 Å². The Morgan fingerprint density at radius 1 is 0.907 bits per heavy atom. The quantitative estimate of drug-likeness (QED) is 0.148. The molecule has 0 saturated heterocycles. The second kappa shape index (κ2) is 12.5. The zero-order chi connectivity index (χ0) is 30.7. The Labute approximate surface area is 250 Å². The van der Waals surface area contributed by atoms with E-state index in [1.54, 1.807) is 39.0 Å². The van der Waals surface area contributed by atoms with Crippen LogP contribution in [0.25, 0.3) is 33.3 Å². The summed E-state index contributed by atoms with van der Waals surface area (Å²) in [4.78, 5) is 56.6. The molecule has 1 N–H and O–H groups in total. The van der Waals surface area contributed by atoms with E-state index in [0.29, 0.717) is 33.5 Å². The maximum atomic E-state index is 13.5. The van der Waals surface area contributed by atoms with Crippen LogP contribution in [0.5, 0.6) is 0 Å². The van der Waals surface area contributed by atoms with Crippen LogP contribution in [0.3, 0.4) is 0 Å². The molecule has 3 aromatic carbocycles. The molecule has 10 nitrogen and oxygen atoms in total. The second-order valence-corrected chi connectivity index (χ2v) is 10.5. The molecular formula is C32H28N2O8S. The number of rotatable bonds is 9. The lowest BCUT2D eigenvalue weighted by molar-refractivity contribution is -0.123. The van der Waals surface area contributed by atoms with Crippen LogP contribution in [0, 0.1) is 6.92 Å². The fourth-order valence-corrected chi connectivity index (χ4v) is 5.70. The van der Waals surface area contributed by atoms with Crippen molar-refractivity contribution in [2.45, 2.75) is 33.8 Å². The van der Waals surface area contributed by atoms with E-state index in [0.717, 1.165) is 16.7 Å². The Kier molecular flexibility index (Phi) is 8.53. The summed E-state index contributed by atoms with van der Waals surface area (Å²) in [7, 11) is 0. The van der Waals surface area contributed by atoms with Crippen molar-refractivity contribution in [3.8, 4) is 11.5 Å². The Bertz CT molecular complexity index is 1830. The van der Waals surface area contributed by atoms with Crippen molar-refractivity contribution in [2.24, 2.45) is 0 Å². The van der Waals surface area contributed by atoms with Crippen molar-refractivity contribution < 1.29 is 37.8 Å². The monoisotopic (exact) mass is 600 g/mol. The van der Waals surface area contributed by atoms with E-state index in [4.69, 9.17) is 18.6 Å². The van der Waals surface area contributed by atoms with Gasteiger partial charge >= 0.3 is 17.9 Å². The van der Waals surface area contributed by atoms with Gasteiger partial charge in [0.15, 0.2) is 11.7 Å². The molecule has 11 heteroatoms. The smallest absolute Gasteiger partial charge is 0.348 e. The van der Waals surface area contributed by atoms with Crippen molar-refractivity contribution in [2.75, 3.05) is 18.5 Å². The molecule has 5 aromatic rings. The third-order valence-corrected chi connectivity index (χ3v) is 7.81. The molecule has 0 fully saturated rings. The number of nitrogens with zero attached hydrogens (tertiary/aromatic N) is 1. The number of aromatic nitrogens is 1. The molecule has 1 atom stereocenters. The zero-order valence-corrected chi connectivity index (χ0v) is 24.7. The minimum absolute atomic E-state index is 0.0406. The molecule has 43 heavy (non-hydrogen) atoms. The van der Waals surface area contributed by atoms with Crippen LogP contribution >= 0.6 is 11.3 Å². The van der Waals surface area contributed by atoms with Crippen molar-refractivity contribution in [1.82, 2.24) is 4.98 Å². The highest BCUT2D eigenvalue weighted by atomic mass is 32.1. The van der Waals surface area contributed by atoms with E-state index in [9.17, 15) is 19.2 Å². The Balaban J connectivity index is 1.42. The van der Waals surface area contributed by atoms with E-state index in [1.807, 2.05) is 42.5 Å². The maximum Gasteiger partial charge on any atom is 0.348 e. The summed E-state index contributed by atoms with van der Waals surface area (Å²) in [5.74, 6) is -2.42. The summed E-state index contributed by atoms with van der Waals surface area (Å²) in [6.07, 6.45) is -1.26. The van der Waals surface area contributed by atoms with Gasteiger partial charge in [0.1, 0.15) is 15.4 Å². The number of hydrogen-bond acceptors (Lipinski definition) is 10. The van der Waals surface area contributed by atoms with Crippen molar-refractivity contribution in [1.29, 1.82) is 0 Å². The first-order valence-corrected chi connectivity index (χ1v) is 14.4. The predicted octanol–water partition coefficient (Wildman–Crippen LogP) is 6.56. The fourth-order valence-electron chi connectivity index (χ4n) is 4.61. The summed E-state index contributed by atoms with van der Waals surface area (Å²) in [6, 6.07) is 18.0. The van der Waals surface area contributed by atoms with E-state index in [2.05, 4.69) is 10.3 Å². The number of benzene rings is 3. The number of carbonyl (C=O) groups is 4. The normalized spacial score (nSPS) is 11.7. The minimum atomic E-state index is -1.26. The SMILES string of the molecule is CCOC(=O)c1sc(NC(=O)C(C)OC(=O)c2cccc3cccc(-c4nc5ccccc5o4)c23)c(C(=O)OCC)c1C. The van der Waals surface area contributed by atoms with Crippen LogP contribution in [0.1, 0.15) is 56.7 Å². The molecule has 220 valence electrons. The number of thiophene rings is 1. The third kappa shape index (κ3) is 5.84. The highest BCUT2D eigenvalue weighted by Crippen LogP contribution is 2.35. The lowest BCUT2D eigenvalue weighted by Gasteiger charge is -2.15. The topological polar surface area (TPSA) is 134 Å². The number of fused-ring (bicyclic) bond motifs is 2. The summed E-state index contributed by atoms with van der Waals surface area (Å²) in [5.41, 5.74) is 2.47. The predicted molar refractivity (Wildman–Crippen MR) is 161 cm³/mol. The molecule has 0 aliphatic carbocycles. The number of carbonyl (C=O) groups excluding carboxylic acids is 4. The number of anilines is 1. The maximum absolute atomic E-state index is 13.5. The highest BCUT2D eigenvalue weighted by molar-refractivity contribution is 7.18. The molecule has 0 aliphatic rings. The number of hydrogen-bond donors (Lipinski definition) is 1. The molecule has 0 aliphatic heterocycles. The average Bonchev–Trinajstić information content (AvgIpc) is 3.57. The number of amides is 1. The Hall–Kier alpha value is -5.03. The van der Waals surface area contributed by atoms with Crippen LogP contribution in [-0.4, -0.2) is 48.1 Å². The van der Waals surface area contributed by atoms with Gasteiger partial charge in [-0.05, 0) is 62.9 Å². The van der Waals surface area contributed by atoms with Gasteiger partial charge in [-0.3, -0.25) is 4.79 Å². The first-order chi connectivity index (χ1) is 20.7. The van der Waals surface area contributed by atoms with Gasteiger partial charge in [-0.25, -0.2) is 19.4 Å². The lowest BCUT2D eigenvalue weighted by Crippen LogP contribution is -2.30. The van der Waals surface area contributed by atoms with Gasteiger partial charge < -0.3 is 23.9 Å². The Morgan fingerprint density at radius 3 is 2.33 bits per heavy atom. The van der Waals surface area contributed by atoms with Crippen molar-refractivity contribution in [3.05, 3.63) is 82.2 Å². The fraction of sp³-hybridized carbons (Fsp3) is 0.219. The van der Waals surface area contributed by atoms with Gasteiger partial charge in [0, 0.05) is 10.9 Å². The first-order valence-electron chi connectivity index (χ1n) is 13.6. The molecular weight excluding hydrogens is 572 g/mol. The molecule has 1 amide bonds. The lowest BCUT2D eigenvalue weighted by atomic mass is 9.99. The van der Waals surface area contributed by atoms with Crippen LogP contribution in [0.15, 0.2) is 65.1 Å². The molecule has 2 heterocycles. The molecule has 2 aromatic heterocycles. The van der Waals surface area contributed by atoms with Gasteiger partial charge in [0.05, 0.1) is 24.3 Å². The van der Waals surface area contributed by atoms with Crippen LogP contribution < -0.4 is 5.32 Å². The van der Waals surface area contributed by atoms with Crippen molar-refractivity contribution >= 4 is 62.0 Å². The standard InChI is InChI=1S/C32H28N2O8S/c1-5-39-31(37)24-17(3)26(32(38)40-6-2)43-29(24)34-27(35)18(4)41-30(36)21-14-10-12-19-11-9-13-20(25(19)21)28-33-22-15-7-8-16-23(22)42-28/h7-16,18H,5-6H2,1-4H3,(H,34,35). The third-order valence-electron chi connectivity index (χ3n) is 6.63. The van der Waals surface area contributed by atoms with Gasteiger partial charge in [-0.15, -0.1) is 11.3 Å². The van der Waals surface area contributed by atoms with Crippen LogP contribution in [0.2, 0.25) is 0 Å². The number of esters is 3. The van der Waals surface area contributed by atoms with Crippen molar-refractivity contribution in [3.63, 3.8) is 0 Å². The van der Waals surface area contributed by atoms with E-state index >= 15 is 0 Å². The molecule has 0 bridgehead atoms. The molecule has 5 rings (SSSR count). The van der Waals surface area contributed by atoms with Gasteiger partial charge in [-0.1, -0.05) is 36.4 Å². The Morgan fingerprint density at radius 2 is 1.60 bits per heavy atom. The molecule has 0 radical (unpaired) electrons. The number of ether oxygens (including phenoxy) is 3. The number of para-hydroxylation sites is 2. The molecule has 1 unspecified atom stereocenters. The average molecular weight is 601 g/mol. The minimum Gasteiger partial charge on any atom is -0.462 e. The second-order valence-electron chi connectivity index (χ2n) is 9.43. The molecule has 0 saturated carbocycles. The van der Waals surface area contributed by atoms with E-state index in [-0.39, 0.29) is 34.2 Å². The summed E-state index contributed by atoms with van der Waals surface area (Å²) in [6.45, 7) is 6.54. The highest BCUT2D eigenvalue weighted by Gasteiger charge is 2.29. The summed E-state index contributed by atoms with van der Waals surface area (Å²) < 4.78 is 21.8. The largest absolute Gasteiger partial charge is 0.462 e. The first kappa shape index (κ1) is 29.5. The zero-order valence-electron chi connectivity index (χ0n) is 23.9. The van der Waals surface area contributed by atoms with Crippen LogP contribution in [0.4, 0.5) is 5.00 Å². The number of oxazole rings is 1. The summed E-state index contributed by atoms with van der Waals surface area (Å²) in [5, 5.41) is 4.03. The molecule has 0 spiro atoms. The van der Waals surface area contributed by atoms with Gasteiger partial charge in [-0.2, -0.15) is 0 Å². The number of nitrogens with one attached hydrogen (secondary N) is 1.